The van der Waals surface area contributed by atoms with Crippen molar-refractivity contribution < 1.29 is 34.4 Å². The van der Waals surface area contributed by atoms with Gasteiger partial charge in [0.25, 0.3) is 0 Å². The maximum atomic E-state index is 10.7. The first-order valence-electron chi connectivity index (χ1n) is 5.49. The Hall–Kier alpha value is -1.42. The van der Waals surface area contributed by atoms with Gasteiger partial charge in [-0.3, -0.25) is 14.4 Å². The van der Waals surface area contributed by atoms with Crippen LogP contribution in [0.1, 0.15) is 19.8 Å². The van der Waals surface area contributed by atoms with Crippen LogP contribution in [0, 0.1) is 0 Å². The molecule has 0 heterocycles. The molecule has 0 aromatic carbocycles. The van der Waals surface area contributed by atoms with Gasteiger partial charge >= 0.3 is 17.9 Å². The van der Waals surface area contributed by atoms with Gasteiger partial charge in [-0.05, 0) is 6.42 Å². The highest BCUT2D eigenvalue weighted by atomic mass is 35.5. The molecule has 10 heteroatoms. The van der Waals surface area contributed by atoms with E-state index in [4.69, 9.17) is 26.8 Å². The molecular formula is C10H21ClN2O7. The van der Waals surface area contributed by atoms with Crippen molar-refractivity contribution in [3.05, 3.63) is 0 Å². The van der Waals surface area contributed by atoms with E-state index in [1.807, 2.05) is 6.92 Å². The lowest BCUT2D eigenvalue weighted by atomic mass is 10.3. The summed E-state index contributed by atoms with van der Waals surface area (Å²) in [7, 11) is 0. The Bertz CT molecular complexity index is 301. The van der Waals surface area contributed by atoms with Crippen LogP contribution in [-0.4, -0.2) is 58.5 Å². The zero-order valence-electron chi connectivity index (χ0n) is 11.0. The maximum Gasteiger partial charge on any atom is 0.324 e. The van der Waals surface area contributed by atoms with Gasteiger partial charge in [-0.15, -0.1) is 12.4 Å². The second kappa shape index (κ2) is 14.0. The molecule has 0 aromatic heterocycles. The standard InChI is InChI=1S/C7H13NO4.C3H7NO3.ClH/c1-2-3-6(9)12-4-5(8)7(10)11;4-2(1-5)3(6)7;/h5H,2-4,8H2,1H3,(H,10,11);2,5H,1,4H2,(H,6,7);1H/t5-;2-;/m00./s1. The minimum atomic E-state index is -1.18. The van der Waals surface area contributed by atoms with E-state index in [0.29, 0.717) is 12.8 Å². The smallest absolute Gasteiger partial charge is 0.324 e. The van der Waals surface area contributed by atoms with Gasteiger partial charge in [-0.2, -0.15) is 0 Å². The number of halogens is 1. The highest BCUT2D eigenvalue weighted by Crippen LogP contribution is 1.92. The van der Waals surface area contributed by atoms with Crippen LogP contribution in [0.5, 0.6) is 0 Å². The number of aliphatic carboxylic acids is 2. The normalized spacial score (nSPS) is 12.0. The molecule has 0 radical (unpaired) electrons. The molecule has 0 saturated carbocycles. The molecule has 0 rings (SSSR count). The number of nitrogens with two attached hydrogens (primary N) is 2. The second-order valence-corrected chi connectivity index (χ2v) is 3.51. The second-order valence-electron chi connectivity index (χ2n) is 3.51. The van der Waals surface area contributed by atoms with E-state index in [0.717, 1.165) is 0 Å². The van der Waals surface area contributed by atoms with Crippen molar-refractivity contribution in [2.24, 2.45) is 11.5 Å². The topological polar surface area (TPSA) is 173 Å². The minimum absolute atomic E-state index is 0. The molecule has 0 saturated heterocycles. The number of ether oxygens (including phenoxy) is 1. The number of rotatable bonds is 7. The fraction of sp³-hybridized carbons (Fsp3) is 0.700. The summed E-state index contributed by atoms with van der Waals surface area (Å²) in [5.41, 5.74) is 9.85. The van der Waals surface area contributed by atoms with E-state index >= 15 is 0 Å². The quantitative estimate of drug-likeness (QED) is 0.352. The van der Waals surface area contributed by atoms with Crippen molar-refractivity contribution in [2.45, 2.75) is 31.8 Å². The largest absolute Gasteiger partial charge is 0.480 e. The number of carbonyl (C=O) groups excluding carboxylic acids is 1. The monoisotopic (exact) mass is 316 g/mol. The lowest BCUT2D eigenvalue weighted by Gasteiger charge is -2.06. The van der Waals surface area contributed by atoms with Crippen LogP contribution in [0.2, 0.25) is 0 Å². The number of aliphatic hydroxyl groups excluding tert-OH is 1. The van der Waals surface area contributed by atoms with E-state index < -0.39 is 36.6 Å². The summed E-state index contributed by atoms with van der Waals surface area (Å²) in [6.07, 6.45) is 0.980. The van der Waals surface area contributed by atoms with E-state index in [-0.39, 0.29) is 19.0 Å². The molecule has 9 nitrogen and oxygen atoms in total. The van der Waals surface area contributed by atoms with Crippen molar-refractivity contribution in [3.63, 3.8) is 0 Å². The highest BCUT2D eigenvalue weighted by Gasteiger charge is 2.13. The van der Waals surface area contributed by atoms with Crippen LogP contribution in [-0.2, 0) is 19.1 Å². The Kier molecular flexibility index (Phi) is 16.6. The number of hydrogen-bond acceptors (Lipinski definition) is 7. The summed E-state index contributed by atoms with van der Waals surface area (Å²) in [5.74, 6) is -2.75. The molecule has 120 valence electrons. The SMILES string of the molecule is CCCC(=O)OC[C@H](N)C(=O)O.Cl.N[C@@H](CO)C(=O)O. The van der Waals surface area contributed by atoms with Gasteiger partial charge in [-0.1, -0.05) is 6.92 Å². The van der Waals surface area contributed by atoms with Crippen molar-refractivity contribution in [3.8, 4) is 0 Å². The van der Waals surface area contributed by atoms with E-state index in [2.05, 4.69) is 4.74 Å². The average Bonchev–Trinajstić information content (AvgIpc) is 2.35. The van der Waals surface area contributed by atoms with E-state index in [9.17, 15) is 14.4 Å². The Labute approximate surface area is 122 Å². The van der Waals surface area contributed by atoms with Gasteiger partial charge in [0.15, 0.2) is 0 Å². The molecule has 0 aromatic rings. The lowest BCUT2D eigenvalue weighted by Crippen LogP contribution is -2.35. The van der Waals surface area contributed by atoms with Crippen LogP contribution in [0.15, 0.2) is 0 Å². The Balaban J connectivity index is -0.000000312. The van der Waals surface area contributed by atoms with Gasteiger partial charge in [0.05, 0.1) is 6.61 Å². The molecule has 0 aliphatic heterocycles. The molecule has 0 spiro atoms. The summed E-state index contributed by atoms with van der Waals surface area (Å²) >= 11 is 0. The fourth-order valence-electron chi connectivity index (χ4n) is 0.608. The predicted octanol–water partition coefficient (Wildman–Crippen LogP) is -1.45. The first-order valence-corrected chi connectivity index (χ1v) is 5.49. The zero-order valence-corrected chi connectivity index (χ0v) is 11.8. The van der Waals surface area contributed by atoms with Gasteiger partial charge in [0, 0.05) is 6.42 Å². The van der Waals surface area contributed by atoms with E-state index in [1.165, 1.54) is 0 Å². The molecule has 7 N–H and O–H groups in total. The maximum absolute atomic E-state index is 10.7. The van der Waals surface area contributed by atoms with Gasteiger partial charge in [-0.25, -0.2) is 0 Å². The number of carboxylic acid groups (broad SMARTS) is 2. The average molecular weight is 317 g/mol. The van der Waals surface area contributed by atoms with Crippen LogP contribution in [0.25, 0.3) is 0 Å². The molecule has 0 bridgehead atoms. The van der Waals surface area contributed by atoms with Crippen molar-refractivity contribution in [1.29, 1.82) is 0 Å². The molecule has 0 fully saturated rings. The summed E-state index contributed by atoms with van der Waals surface area (Å²) in [5, 5.41) is 24.2. The number of esters is 1. The highest BCUT2D eigenvalue weighted by molar-refractivity contribution is 5.85. The summed E-state index contributed by atoms with van der Waals surface area (Å²) in [6.45, 7) is 1.07. The number of carboxylic acids is 2. The molecular weight excluding hydrogens is 296 g/mol. The van der Waals surface area contributed by atoms with Crippen LogP contribution >= 0.6 is 12.4 Å². The molecule has 0 amide bonds. The first kappa shape index (κ1) is 23.7. The number of carbonyl (C=O) groups is 3. The molecule has 0 aliphatic rings. The molecule has 20 heavy (non-hydrogen) atoms. The van der Waals surface area contributed by atoms with Crippen molar-refractivity contribution >= 4 is 30.3 Å². The zero-order chi connectivity index (χ0) is 15.4. The van der Waals surface area contributed by atoms with Gasteiger partial charge in [0.1, 0.15) is 18.7 Å². The summed E-state index contributed by atoms with van der Waals surface area (Å²) in [6, 6.07) is -2.24. The summed E-state index contributed by atoms with van der Waals surface area (Å²) < 4.78 is 4.56. The Morgan fingerprint density at radius 3 is 1.80 bits per heavy atom. The van der Waals surface area contributed by atoms with Gasteiger partial charge < -0.3 is 31.5 Å². The third kappa shape index (κ3) is 14.6. The van der Waals surface area contributed by atoms with Gasteiger partial charge in [0.2, 0.25) is 0 Å². The molecule has 0 unspecified atom stereocenters. The summed E-state index contributed by atoms with van der Waals surface area (Å²) in [4.78, 5) is 30.5. The number of aliphatic hydroxyl groups is 1. The number of hydrogen-bond donors (Lipinski definition) is 5. The van der Waals surface area contributed by atoms with Crippen molar-refractivity contribution in [1.82, 2.24) is 0 Å². The Morgan fingerprint density at radius 2 is 1.55 bits per heavy atom. The Morgan fingerprint density at radius 1 is 1.10 bits per heavy atom. The van der Waals surface area contributed by atoms with Crippen LogP contribution in [0.4, 0.5) is 0 Å². The fourth-order valence-corrected chi connectivity index (χ4v) is 0.608. The third-order valence-corrected chi connectivity index (χ3v) is 1.71. The third-order valence-electron chi connectivity index (χ3n) is 1.71. The molecule has 2 atom stereocenters. The predicted molar refractivity (Wildman–Crippen MR) is 71.4 cm³/mol. The van der Waals surface area contributed by atoms with Crippen LogP contribution in [0.3, 0.4) is 0 Å². The van der Waals surface area contributed by atoms with E-state index in [1.54, 1.807) is 0 Å². The van der Waals surface area contributed by atoms with Crippen LogP contribution < -0.4 is 11.5 Å². The minimum Gasteiger partial charge on any atom is -0.480 e. The lowest BCUT2D eigenvalue weighted by molar-refractivity contribution is -0.148. The van der Waals surface area contributed by atoms with Crippen molar-refractivity contribution in [2.75, 3.05) is 13.2 Å². The first-order chi connectivity index (χ1) is 8.76. The molecule has 0 aliphatic carbocycles.